The minimum Gasteiger partial charge on any atom is -0.379 e. The fraction of sp³-hybridized carbons (Fsp3) is 0.636. The molecule has 2 rings (SSSR count). The number of anilines is 2. The second-order valence-electron chi connectivity index (χ2n) is 4.29. The Morgan fingerprint density at radius 2 is 2.18 bits per heavy atom. The molecule has 1 aromatic heterocycles. The van der Waals surface area contributed by atoms with Crippen LogP contribution in [0.3, 0.4) is 0 Å². The zero-order valence-corrected chi connectivity index (χ0v) is 10.1. The number of nitrogens with two attached hydrogens (primary N) is 1. The van der Waals surface area contributed by atoms with Gasteiger partial charge in [0.15, 0.2) is 0 Å². The van der Waals surface area contributed by atoms with Crippen molar-refractivity contribution in [2.24, 2.45) is 11.8 Å². The molecule has 0 aliphatic heterocycles. The number of hydrazine groups is 1. The van der Waals surface area contributed by atoms with Crippen molar-refractivity contribution in [3.63, 3.8) is 0 Å². The first-order valence-electron chi connectivity index (χ1n) is 5.91. The van der Waals surface area contributed by atoms with Gasteiger partial charge in [0.2, 0.25) is 0 Å². The lowest BCUT2D eigenvalue weighted by Gasteiger charge is -2.10. The van der Waals surface area contributed by atoms with E-state index < -0.39 is 0 Å². The van der Waals surface area contributed by atoms with Gasteiger partial charge in [-0.1, -0.05) is 0 Å². The lowest BCUT2D eigenvalue weighted by Crippen LogP contribution is -2.15. The molecule has 6 heteroatoms. The van der Waals surface area contributed by atoms with Gasteiger partial charge in [0.25, 0.3) is 0 Å². The molecule has 1 heterocycles. The van der Waals surface area contributed by atoms with Crippen LogP contribution >= 0.6 is 0 Å². The number of rotatable bonds is 7. The molecule has 1 aliphatic rings. The summed E-state index contributed by atoms with van der Waals surface area (Å²) in [6.07, 6.45) is 4.13. The van der Waals surface area contributed by atoms with Gasteiger partial charge in [0.05, 0.1) is 6.61 Å². The molecule has 0 amide bonds. The minimum atomic E-state index is 0.640. The maximum Gasteiger partial charge on any atom is 0.148 e. The Kier molecular flexibility index (Phi) is 4.11. The second-order valence-corrected chi connectivity index (χ2v) is 4.29. The van der Waals surface area contributed by atoms with Crippen molar-refractivity contribution in [3.8, 4) is 0 Å². The van der Waals surface area contributed by atoms with Crippen LogP contribution in [0.1, 0.15) is 18.4 Å². The van der Waals surface area contributed by atoms with Gasteiger partial charge in [0, 0.05) is 18.7 Å². The minimum absolute atomic E-state index is 0.640. The summed E-state index contributed by atoms with van der Waals surface area (Å²) in [5.41, 5.74) is 3.45. The van der Waals surface area contributed by atoms with Crippen LogP contribution in [0.15, 0.2) is 6.33 Å². The highest BCUT2D eigenvalue weighted by atomic mass is 16.5. The van der Waals surface area contributed by atoms with Crippen LogP contribution in [0.4, 0.5) is 11.6 Å². The quantitative estimate of drug-likeness (QED) is 0.371. The molecule has 0 radical (unpaired) electrons. The summed E-state index contributed by atoms with van der Waals surface area (Å²) >= 11 is 0. The predicted molar refractivity (Wildman–Crippen MR) is 66.6 cm³/mol. The summed E-state index contributed by atoms with van der Waals surface area (Å²) in [4.78, 5) is 8.17. The lowest BCUT2D eigenvalue weighted by atomic mass is 10.3. The van der Waals surface area contributed by atoms with Crippen LogP contribution in [-0.4, -0.2) is 29.7 Å². The molecule has 0 atom stereocenters. The van der Waals surface area contributed by atoms with Crippen molar-refractivity contribution in [1.29, 1.82) is 0 Å². The van der Waals surface area contributed by atoms with E-state index in [4.69, 9.17) is 10.6 Å². The third-order valence-corrected chi connectivity index (χ3v) is 2.81. The number of ether oxygens (including phenoxy) is 1. The molecule has 1 saturated carbocycles. The number of nitrogens with zero attached hydrogens (tertiary/aromatic N) is 2. The van der Waals surface area contributed by atoms with Crippen LogP contribution in [0.25, 0.3) is 0 Å². The van der Waals surface area contributed by atoms with Crippen LogP contribution < -0.4 is 16.6 Å². The maximum absolute atomic E-state index is 5.53. The number of hydrogen-bond acceptors (Lipinski definition) is 6. The first kappa shape index (κ1) is 12.1. The highest BCUT2D eigenvalue weighted by Gasteiger charge is 2.20. The zero-order chi connectivity index (χ0) is 12.1. The van der Waals surface area contributed by atoms with Gasteiger partial charge >= 0.3 is 0 Å². The number of nitrogen functional groups attached to an aromatic ring is 1. The van der Waals surface area contributed by atoms with Crippen LogP contribution in [0.2, 0.25) is 0 Å². The molecule has 4 N–H and O–H groups in total. The molecule has 1 fully saturated rings. The largest absolute Gasteiger partial charge is 0.379 e. The smallest absolute Gasteiger partial charge is 0.148 e. The first-order valence-corrected chi connectivity index (χ1v) is 5.91. The predicted octanol–water partition coefficient (Wildman–Crippen LogP) is 0.909. The van der Waals surface area contributed by atoms with Crippen molar-refractivity contribution in [2.75, 3.05) is 30.5 Å². The SMILES string of the molecule is Cc1c(NN)ncnc1NCCOCC1CC1. The summed E-state index contributed by atoms with van der Waals surface area (Å²) in [6.45, 7) is 4.25. The van der Waals surface area contributed by atoms with E-state index in [0.29, 0.717) is 12.4 Å². The van der Waals surface area contributed by atoms with E-state index >= 15 is 0 Å². The van der Waals surface area contributed by atoms with Gasteiger partial charge in [-0.3, -0.25) is 0 Å². The van der Waals surface area contributed by atoms with Gasteiger partial charge in [-0.2, -0.15) is 0 Å². The van der Waals surface area contributed by atoms with Gasteiger partial charge in [-0.05, 0) is 25.7 Å². The summed E-state index contributed by atoms with van der Waals surface area (Å²) < 4.78 is 5.53. The third-order valence-electron chi connectivity index (χ3n) is 2.81. The molecule has 1 aromatic rings. The number of nitrogens with one attached hydrogen (secondary N) is 2. The lowest BCUT2D eigenvalue weighted by molar-refractivity contribution is 0.134. The number of hydrogen-bond donors (Lipinski definition) is 3. The highest BCUT2D eigenvalue weighted by molar-refractivity contribution is 5.55. The normalized spacial score (nSPS) is 14.7. The van der Waals surface area contributed by atoms with E-state index in [2.05, 4.69) is 20.7 Å². The summed E-state index contributed by atoms with van der Waals surface area (Å²) in [5.74, 6) is 7.59. The van der Waals surface area contributed by atoms with Gasteiger partial charge < -0.3 is 15.5 Å². The Hall–Kier alpha value is -1.40. The average Bonchev–Trinajstić information content (AvgIpc) is 3.15. The fourth-order valence-corrected chi connectivity index (χ4v) is 1.55. The molecular formula is C11H19N5O. The molecule has 1 aliphatic carbocycles. The van der Waals surface area contributed by atoms with Crippen molar-refractivity contribution >= 4 is 11.6 Å². The fourth-order valence-electron chi connectivity index (χ4n) is 1.55. The summed E-state index contributed by atoms with van der Waals surface area (Å²) in [5, 5.41) is 3.21. The van der Waals surface area contributed by atoms with E-state index in [1.54, 1.807) is 0 Å². The average molecular weight is 237 g/mol. The van der Waals surface area contributed by atoms with E-state index in [0.717, 1.165) is 30.5 Å². The molecule has 0 aromatic carbocycles. The third kappa shape index (κ3) is 3.54. The van der Waals surface area contributed by atoms with Gasteiger partial charge in [0.1, 0.15) is 18.0 Å². The van der Waals surface area contributed by atoms with E-state index in [1.165, 1.54) is 19.2 Å². The Balaban J connectivity index is 1.73. The van der Waals surface area contributed by atoms with Crippen molar-refractivity contribution in [1.82, 2.24) is 9.97 Å². The second kappa shape index (κ2) is 5.79. The Labute approximate surface area is 101 Å². The van der Waals surface area contributed by atoms with E-state index in [9.17, 15) is 0 Å². The summed E-state index contributed by atoms with van der Waals surface area (Å²) in [6, 6.07) is 0. The molecule has 0 unspecified atom stereocenters. The molecule has 0 bridgehead atoms. The summed E-state index contributed by atoms with van der Waals surface area (Å²) in [7, 11) is 0. The molecule has 0 saturated heterocycles. The Bertz CT molecular complexity index is 367. The van der Waals surface area contributed by atoms with Gasteiger partial charge in [-0.15, -0.1) is 0 Å². The molecule has 6 nitrogen and oxygen atoms in total. The van der Waals surface area contributed by atoms with E-state index in [-0.39, 0.29) is 0 Å². The molecular weight excluding hydrogens is 218 g/mol. The van der Waals surface area contributed by atoms with Gasteiger partial charge in [-0.25, -0.2) is 15.8 Å². The zero-order valence-electron chi connectivity index (χ0n) is 10.1. The number of aromatic nitrogens is 2. The van der Waals surface area contributed by atoms with Crippen LogP contribution in [0.5, 0.6) is 0 Å². The van der Waals surface area contributed by atoms with Crippen molar-refractivity contribution in [3.05, 3.63) is 11.9 Å². The first-order chi connectivity index (χ1) is 8.31. The monoisotopic (exact) mass is 237 g/mol. The Morgan fingerprint density at radius 1 is 1.41 bits per heavy atom. The maximum atomic E-state index is 5.53. The van der Waals surface area contributed by atoms with E-state index in [1.807, 2.05) is 6.92 Å². The standard InChI is InChI=1S/C11H19N5O/c1-8-10(14-7-15-11(8)16-12)13-4-5-17-6-9-2-3-9/h7,9H,2-6,12H2,1H3,(H2,13,14,15,16). The molecule has 0 spiro atoms. The topological polar surface area (TPSA) is 85.1 Å². The van der Waals surface area contributed by atoms with Crippen molar-refractivity contribution < 1.29 is 4.74 Å². The van der Waals surface area contributed by atoms with Crippen LogP contribution in [-0.2, 0) is 4.74 Å². The van der Waals surface area contributed by atoms with Crippen molar-refractivity contribution in [2.45, 2.75) is 19.8 Å². The van der Waals surface area contributed by atoms with Crippen LogP contribution in [0, 0.1) is 12.8 Å². The molecule has 17 heavy (non-hydrogen) atoms. The Morgan fingerprint density at radius 3 is 2.88 bits per heavy atom. The highest BCUT2D eigenvalue weighted by Crippen LogP contribution is 2.28. The molecule has 94 valence electrons.